The van der Waals surface area contributed by atoms with Crippen LogP contribution in [0, 0.1) is 0 Å². The van der Waals surface area contributed by atoms with E-state index < -0.39 is 12.2 Å². The van der Waals surface area contributed by atoms with Crippen LogP contribution in [-0.4, -0.2) is 5.11 Å². The summed E-state index contributed by atoms with van der Waals surface area (Å²) >= 11 is 11.7. The molecule has 0 atom stereocenters. The second kappa shape index (κ2) is 3.85. The average molecular weight is 245 g/mol. The zero-order chi connectivity index (χ0) is 11.0. The molecule has 0 aliphatic carbocycles. The molecule has 0 aliphatic heterocycles. The van der Waals surface area contributed by atoms with E-state index in [9.17, 15) is 4.79 Å². The fourth-order valence-corrected chi connectivity index (χ4v) is 1.77. The van der Waals surface area contributed by atoms with Crippen LogP contribution in [0.3, 0.4) is 0 Å². The Bertz CT molecular complexity index is 575. The quantitative estimate of drug-likeness (QED) is 0.785. The number of fused-ring (bicyclic) bond motifs is 1. The molecule has 5 heteroatoms. The van der Waals surface area contributed by atoms with Crippen molar-refractivity contribution in [1.29, 1.82) is 0 Å². The van der Waals surface area contributed by atoms with Crippen LogP contribution in [-0.2, 0) is 6.61 Å². The van der Waals surface area contributed by atoms with Crippen molar-refractivity contribution in [2.24, 2.45) is 0 Å². The summed E-state index contributed by atoms with van der Waals surface area (Å²) in [6.45, 7) is -0.455. The van der Waals surface area contributed by atoms with E-state index in [1.54, 1.807) is 18.2 Å². The molecular formula is C10H6Cl2O3. The van der Waals surface area contributed by atoms with E-state index in [1.165, 1.54) is 0 Å². The van der Waals surface area contributed by atoms with E-state index in [2.05, 4.69) is 0 Å². The van der Waals surface area contributed by atoms with Crippen molar-refractivity contribution >= 4 is 34.2 Å². The first-order valence-electron chi connectivity index (χ1n) is 4.15. The van der Waals surface area contributed by atoms with Crippen molar-refractivity contribution in [3.63, 3.8) is 0 Å². The SMILES string of the molecule is O=c1oc2ccc(Cl)cc2c(Cl)c1CO. The number of aliphatic hydroxyl groups excluding tert-OH is 1. The van der Waals surface area contributed by atoms with Gasteiger partial charge in [-0.2, -0.15) is 0 Å². The first-order valence-corrected chi connectivity index (χ1v) is 4.90. The smallest absolute Gasteiger partial charge is 0.343 e. The lowest BCUT2D eigenvalue weighted by Gasteiger charge is -2.03. The molecule has 3 nitrogen and oxygen atoms in total. The molecule has 0 fully saturated rings. The Morgan fingerprint density at radius 2 is 2.07 bits per heavy atom. The van der Waals surface area contributed by atoms with Crippen LogP contribution in [0.15, 0.2) is 27.4 Å². The van der Waals surface area contributed by atoms with Crippen LogP contribution in [0.25, 0.3) is 11.0 Å². The summed E-state index contributed by atoms with van der Waals surface area (Å²) in [5.41, 5.74) is -0.227. The second-order valence-corrected chi connectivity index (χ2v) is 3.80. The van der Waals surface area contributed by atoms with Gasteiger partial charge in [0, 0.05) is 10.4 Å². The minimum absolute atomic E-state index is 0.0476. The molecule has 0 unspecified atom stereocenters. The Kier molecular flexibility index (Phi) is 2.69. The van der Waals surface area contributed by atoms with Gasteiger partial charge in [-0.25, -0.2) is 4.79 Å². The summed E-state index contributed by atoms with van der Waals surface area (Å²) in [6.07, 6.45) is 0. The molecule has 1 heterocycles. The van der Waals surface area contributed by atoms with E-state index in [0.29, 0.717) is 16.0 Å². The summed E-state index contributed by atoms with van der Waals surface area (Å²) in [5.74, 6) is 0. The molecule has 78 valence electrons. The van der Waals surface area contributed by atoms with Gasteiger partial charge in [-0.3, -0.25) is 0 Å². The van der Waals surface area contributed by atoms with Gasteiger partial charge in [0.2, 0.25) is 0 Å². The van der Waals surface area contributed by atoms with Crippen molar-refractivity contribution in [1.82, 2.24) is 0 Å². The standard InChI is InChI=1S/C10H6Cl2O3/c11-5-1-2-8-6(3-5)9(12)7(4-13)10(14)15-8/h1-3,13H,4H2. The number of hydrogen-bond donors (Lipinski definition) is 1. The predicted octanol–water partition coefficient (Wildman–Crippen LogP) is 2.59. The molecule has 2 aromatic rings. The highest BCUT2D eigenvalue weighted by Crippen LogP contribution is 2.27. The van der Waals surface area contributed by atoms with Crippen molar-refractivity contribution in [3.8, 4) is 0 Å². The van der Waals surface area contributed by atoms with Gasteiger partial charge < -0.3 is 9.52 Å². The second-order valence-electron chi connectivity index (χ2n) is 2.98. The lowest BCUT2D eigenvalue weighted by molar-refractivity contribution is 0.276. The Balaban J connectivity index is 2.92. The number of halogens is 2. The summed E-state index contributed by atoms with van der Waals surface area (Å²) in [7, 11) is 0. The molecule has 2 rings (SSSR count). The highest BCUT2D eigenvalue weighted by atomic mass is 35.5. The largest absolute Gasteiger partial charge is 0.422 e. The van der Waals surface area contributed by atoms with Crippen molar-refractivity contribution < 1.29 is 9.52 Å². The topological polar surface area (TPSA) is 50.4 Å². The zero-order valence-corrected chi connectivity index (χ0v) is 8.97. The first-order chi connectivity index (χ1) is 7.13. The monoisotopic (exact) mass is 244 g/mol. The van der Waals surface area contributed by atoms with Gasteiger partial charge in [-0.1, -0.05) is 23.2 Å². The van der Waals surface area contributed by atoms with Crippen LogP contribution in [0.4, 0.5) is 0 Å². The van der Waals surface area contributed by atoms with Crippen LogP contribution >= 0.6 is 23.2 Å². The van der Waals surface area contributed by atoms with E-state index in [1.807, 2.05) is 0 Å². The summed E-state index contributed by atoms with van der Waals surface area (Å²) in [5, 5.41) is 10.1. The molecule has 0 bridgehead atoms. The van der Waals surface area contributed by atoms with Gasteiger partial charge in [0.05, 0.1) is 17.2 Å². The predicted molar refractivity (Wildman–Crippen MR) is 58.4 cm³/mol. The van der Waals surface area contributed by atoms with Gasteiger partial charge in [0.25, 0.3) is 0 Å². The normalized spacial score (nSPS) is 10.9. The molecule has 0 aliphatic rings. The van der Waals surface area contributed by atoms with Gasteiger partial charge in [-0.05, 0) is 18.2 Å². The van der Waals surface area contributed by atoms with E-state index in [0.717, 1.165) is 0 Å². The third-order valence-corrected chi connectivity index (χ3v) is 2.72. The molecule has 1 aromatic carbocycles. The Labute approximate surface area is 94.8 Å². The van der Waals surface area contributed by atoms with Gasteiger partial charge in [-0.15, -0.1) is 0 Å². The molecule has 1 aromatic heterocycles. The minimum atomic E-state index is -0.627. The number of hydrogen-bond acceptors (Lipinski definition) is 3. The fraction of sp³-hybridized carbons (Fsp3) is 0.100. The zero-order valence-electron chi connectivity index (χ0n) is 7.46. The maximum Gasteiger partial charge on any atom is 0.343 e. The Morgan fingerprint density at radius 3 is 2.73 bits per heavy atom. The average Bonchev–Trinajstić information content (AvgIpc) is 2.20. The lowest BCUT2D eigenvalue weighted by atomic mass is 10.2. The van der Waals surface area contributed by atoms with Crippen LogP contribution in [0.5, 0.6) is 0 Å². The molecule has 0 spiro atoms. The highest BCUT2D eigenvalue weighted by Gasteiger charge is 2.11. The maximum absolute atomic E-state index is 11.3. The maximum atomic E-state index is 11.3. The molecule has 0 amide bonds. The number of aliphatic hydroxyl groups is 1. The van der Waals surface area contributed by atoms with Gasteiger partial charge in [0.1, 0.15) is 5.58 Å². The van der Waals surface area contributed by atoms with Crippen molar-refractivity contribution in [3.05, 3.63) is 44.2 Å². The summed E-state index contributed by atoms with van der Waals surface area (Å²) in [6, 6.07) is 4.75. The van der Waals surface area contributed by atoms with Crippen molar-refractivity contribution in [2.45, 2.75) is 6.61 Å². The van der Waals surface area contributed by atoms with E-state index >= 15 is 0 Å². The van der Waals surface area contributed by atoms with E-state index in [4.69, 9.17) is 32.7 Å². The van der Waals surface area contributed by atoms with E-state index in [-0.39, 0.29) is 10.6 Å². The molecule has 0 radical (unpaired) electrons. The van der Waals surface area contributed by atoms with Crippen LogP contribution in [0.1, 0.15) is 5.56 Å². The highest BCUT2D eigenvalue weighted by molar-refractivity contribution is 6.37. The molecule has 0 saturated heterocycles. The molecule has 0 saturated carbocycles. The number of rotatable bonds is 1. The van der Waals surface area contributed by atoms with Gasteiger partial charge in [0.15, 0.2) is 0 Å². The summed E-state index contributed by atoms with van der Waals surface area (Å²) < 4.78 is 4.96. The molecular weight excluding hydrogens is 239 g/mol. The first kappa shape index (κ1) is 10.5. The fourth-order valence-electron chi connectivity index (χ4n) is 1.31. The van der Waals surface area contributed by atoms with Crippen LogP contribution < -0.4 is 5.63 Å². The van der Waals surface area contributed by atoms with Crippen molar-refractivity contribution in [2.75, 3.05) is 0 Å². The molecule has 15 heavy (non-hydrogen) atoms. The lowest BCUT2D eigenvalue weighted by Crippen LogP contribution is -2.08. The van der Waals surface area contributed by atoms with Crippen LogP contribution in [0.2, 0.25) is 10.0 Å². The molecule has 1 N–H and O–H groups in total. The van der Waals surface area contributed by atoms with Gasteiger partial charge >= 0.3 is 5.63 Å². The third kappa shape index (κ3) is 1.74. The number of benzene rings is 1. The Morgan fingerprint density at radius 1 is 1.33 bits per heavy atom. The third-order valence-electron chi connectivity index (χ3n) is 2.05. The summed E-state index contributed by atoms with van der Waals surface area (Å²) in [4.78, 5) is 11.3. The minimum Gasteiger partial charge on any atom is -0.422 e. The Hall–Kier alpha value is -1.03.